The second kappa shape index (κ2) is 11.3. The lowest BCUT2D eigenvalue weighted by molar-refractivity contribution is 0.0732. The number of ether oxygens (including phenoxy) is 1. The first-order chi connectivity index (χ1) is 11.6. The highest BCUT2D eigenvalue weighted by atomic mass is 127. The number of hydrogen-bond acceptors (Lipinski definition) is 2. The lowest BCUT2D eigenvalue weighted by Crippen LogP contribution is -2.47. The third-order valence-corrected chi connectivity index (χ3v) is 5.29. The first kappa shape index (κ1) is 22.6. The van der Waals surface area contributed by atoms with E-state index in [-0.39, 0.29) is 29.8 Å². The fourth-order valence-electron chi connectivity index (χ4n) is 3.05. The van der Waals surface area contributed by atoms with Crippen molar-refractivity contribution in [1.82, 2.24) is 10.6 Å². The number of nitrogens with one attached hydrogen (secondary N) is 2. The van der Waals surface area contributed by atoms with Crippen LogP contribution < -0.4 is 10.6 Å². The molecule has 1 fully saturated rings. The lowest BCUT2D eigenvalue weighted by Gasteiger charge is -2.42. The smallest absolute Gasteiger partial charge is 0.191 e. The fraction of sp³-hybridized carbons (Fsp3) is 0.611. The van der Waals surface area contributed by atoms with Crippen LogP contribution in [0.1, 0.15) is 31.2 Å². The summed E-state index contributed by atoms with van der Waals surface area (Å²) in [5.41, 5.74) is 1.03. The van der Waals surface area contributed by atoms with Crippen LogP contribution in [0.4, 0.5) is 4.39 Å². The average Bonchev–Trinajstić information content (AvgIpc) is 2.54. The van der Waals surface area contributed by atoms with Crippen molar-refractivity contribution in [1.29, 1.82) is 0 Å². The summed E-state index contributed by atoms with van der Waals surface area (Å²) in [7, 11) is 3.51. The monoisotopic (exact) mass is 527 g/mol. The minimum absolute atomic E-state index is 0. The molecule has 142 valence electrons. The van der Waals surface area contributed by atoms with Gasteiger partial charge in [0.2, 0.25) is 0 Å². The first-order valence-electron chi connectivity index (χ1n) is 8.46. The van der Waals surface area contributed by atoms with Crippen molar-refractivity contribution in [3.05, 3.63) is 34.1 Å². The number of benzene rings is 1. The number of hydrogen-bond donors (Lipinski definition) is 2. The molecule has 2 rings (SSSR count). The van der Waals surface area contributed by atoms with E-state index in [9.17, 15) is 4.39 Å². The molecule has 0 bridgehead atoms. The highest BCUT2D eigenvalue weighted by Crippen LogP contribution is 2.43. The van der Waals surface area contributed by atoms with Crippen molar-refractivity contribution >= 4 is 45.9 Å². The van der Waals surface area contributed by atoms with Crippen molar-refractivity contribution in [2.24, 2.45) is 10.4 Å². The molecule has 0 saturated heterocycles. The molecule has 25 heavy (non-hydrogen) atoms. The highest BCUT2D eigenvalue weighted by Gasteiger charge is 2.36. The second-order valence-electron chi connectivity index (χ2n) is 6.43. The van der Waals surface area contributed by atoms with Crippen LogP contribution in [0.5, 0.6) is 0 Å². The molecule has 0 aromatic heterocycles. The number of methoxy groups -OCH3 is 1. The minimum Gasteiger partial charge on any atom is -0.385 e. The predicted octanol–water partition coefficient (Wildman–Crippen LogP) is 4.12. The quantitative estimate of drug-likeness (QED) is 0.304. The average molecular weight is 528 g/mol. The van der Waals surface area contributed by atoms with Crippen molar-refractivity contribution < 1.29 is 9.13 Å². The van der Waals surface area contributed by atoms with E-state index in [4.69, 9.17) is 4.74 Å². The molecule has 0 heterocycles. The van der Waals surface area contributed by atoms with Crippen LogP contribution >= 0.6 is 39.9 Å². The molecule has 0 unspecified atom stereocenters. The summed E-state index contributed by atoms with van der Waals surface area (Å²) in [5.74, 6) is 0.602. The van der Waals surface area contributed by atoms with Crippen LogP contribution in [-0.4, -0.2) is 39.8 Å². The van der Waals surface area contributed by atoms with Crippen LogP contribution in [0.2, 0.25) is 0 Å². The third kappa shape index (κ3) is 7.02. The Labute approximate surface area is 175 Å². The molecule has 0 radical (unpaired) electrons. The van der Waals surface area contributed by atoms with E-state index in [1.807, 2.05) is 6.07 Å². The minimum atomic E-state index is -0.170. The maximum Gasteiger partial charge on any atom is 0.191 e. The van der Waals surface area contributed by atoms with Gasteiger partial charge in [-0.1, -0.05) is 22.4 Å². The summed E-state index contributed by atoms with van der Waals surface area (Å²) in [6, 6.07) is 5.02. The maximum atomic E-state index is 13.7. The van der Waals surface area contributed by atoms with Crippen molar-refractivity contribution in [2.45, 2.75) is 32.1 Å². The molecule has 1 saturated carbocycles. The Morgan fingerprint density at radius 3 is 2.72 bits per heavy atom. The van der Waals surface area contributed by atoms with E-state index in [1.165, 1.54) is 25.3 Å². The van der Waals surface area contributed by atoms with Gasteiger partial charge in [0.15, 0.2) is 5.96 Å². The second-order valence-corrected chi connectivity index (χ2v) is 7.35. The van der Waals surface area contributed by atoms with Crippen LogP contribution in [-0.2, 0) is 11.2 Å². The molecular weight excluding hydrogens is 500 g/mol. The SMILES string of the molecule is CN=C(NCCc1cc(Br)ccc1F)NCC1(CCOC)CCC1.I. The molecule has 0 amide bonds. The maximum absolute atomic E-state index is 13.7. The van der Waals surface area contributed by atoms with Gasteiger partial charge in [-0.2, -0.15) is 0 Å². The Hall–Kier alpha value is -0.410. The molecule has 0 spiro atoms. The summed E-state index contributed by atoms with van der Waals surface area (Å²) < 4.78 is 19.9. The number of halogens is 3. The van der Waals surface area contributed by atoms with Gasteiger partial charge in [0, 0.05) is 38.3 Å². The van der Waals surface area contributed by atoms with Crippen LogP contribution in [0.3, 0.4) is 0 Å². The van der Waals surface area contributed by atoms with Gasteiger partial charge in [0.05, 0.1) is 0 Å². The Bertz CT molecular complexity index is 567. The summed E-state index contributed by atoms with van der Waals surface area (Å²) in [5, 5.41) is 6.68. The van der Waals surface area contributed by atoms with Crippen molar-refractivity contribution in [3.8, 4) is 0 Å². The molecule has 4 nitrogen and oxygen atoms in total. The van der Waals surface area contributed by atoms with Gasteiger partial charge in [0.1, 0.15) is 5.82 Å². The zero-order valence-electron chi connectivity index (χ0n) is 14.9. The number of nitrogens with zero attached hydrogens (tertiary/aromatic N) is 1. The number of rotatable bonds is 8. The summed E-state index contributed by atoms with van der Waals surface area (Å²) in [6.45, 7) is 2.34. The standard InChI is InChI=1S/C18H27BrFN3O.HI/c1-21-17(23-13-18(7-3-8-18)9-11-24-2)22-10-6-14-12-15(19)4-5-16(14)20;/h4-5,12H,3,6-11,13H2,1-2H3,(H2,21,22,23);1H. The molecule has 0 aliphatic heterocycles. The van der Waals surface area contributed by atoms with E-state index in [2.05, 4.69) is 31.6 Å². The number of aliphatic imine (C=N–C) groups is 1. The van der Waals surface area contributed by atoms with Crippen LogP contribution in [0.25, 0.3) is 0 Å². The number of guanidine groups is 1. The van der Waals surface area contributed by atoms with E-state index in [1.54, 1.807) is 20.2 Å². The van der Waals surface area contributed by atoms with Gasteiger partial charge in [0.25, 0.3) is 0 Å². The molecule has 1 aliphatic rings. The Kier molecular flexibility index (Phi) is 10.3. The van der Waals surface area contributed by atoms with Crippen LogP contribution in [0, 0.1) is 11.2 Å². The third-order valence-electron chi connectivity index (χ3n) is 4.80. The zero-order valence-corrected chi connectivity index (χ0v) is 18.8. The van der Waals surface area contributed by atoms with Gasteiger partial charge >= 0.3 is 0 Å². The van der Waals surface area contributed by atoms with Crippen molar-refractivity contribution in [2.75, 3.05) is 33.9 Å². The summed E-state index contributed by atoms with van der Waals surface area (Å²) in [4.78, 5) is 4.26. The van der Waals surface area contributed by atoms with Gasteiger partial charge in [-0.25, -0.2) is 4.39 Å². The van der Waals surface area contributed by atoms with Gasteiger partial charge in [-0.3, -0.25) is 4.99 Å². The highest BCUT2D eigenvalue weighted by molar-refractivity contribution is 14.0. The van der Waals surface area contributed by atoms with Gasteiger partial charge < -0.3 is 15.4 Å². The van der Waals surface area contributed by atoms with E-state index >= 15 is 0 Å². The molecule has 0 atom stereocenters. The summed E-state index contributed by atoms with van der Waals surface area (Å²) in [6.07, 6.45) is 5.46. The molecule has 1 aromatic carbocycles. The molecule has 7 heteroatoms. The zero-order chi connectivity index (χ0) is 17.4. The Morgan fingerprint density at radius 2 is 2.12 bits per heavy atom. The normalized spacial score (nSPS) is 15.9. The van der Waals surface area contributed by atoms with Crippen molar-refractivity contribution in [3.63, 3.8) is 0 Å². The molecule has 1 aliphatic carbocycles. The first-order valence-corrected chi connectivity index (χ1v) is 9.25. The molecular formula is C18H28BrFIN3O. The summed E-state index contributed by atoms with van der Waals surface area (Å²) >= 11 is 3.38. The Morgan fingerprint density at radius 1 is 1.36 bits per heavy atom. The molecule has 2 N–H and O–H groups in total. The van der Waals surface area contributed by atoms with E-state index in [0.29, 0.717) is 23.9 Å². The van der Waals surface area contributed by atoms with Gasteiger partial charge in [-0.05, 0) is 54.9 Å². The topological polar surface area (TPSA) is 45.7 Å². The largest absolute Gasteiger partial charge is 0.385 e. The van der Waals surface area contributed by atoms with E-state index in [0.717, 1.165) is 30.0 Å². The Balaban J connectivity index is 0.00000312. The molecule has 1 aromatic rings. The fourth-order valence-corrected chi connectivity index (χ4v) is 3.46. The lowest BCUT2D eigenvalue weighted by atomic mass is 9.67. The predicted molar refractivity (Wildman–Crippen MR) is 115 cm³/mol. The van der Waals surface area contributed by atoms with E-state index < -0.39 is 0 Å². The van der Waals surface area contributed by atoms with Gasteiger partial charge in [-0.15, -0.1) is 24.0 Å². The van der Waals surface area contributed by atoms with Crippen LogP contribution in [0.15, 0.2) is 27.7 Å².